The van der Waals surface area contributed by atoms with Gasteiger partial charge in [-0.15, -0.1) is 0 Å². The van der Waals surface area contributed by atoms with E-state index in [1.807, 2.05) is 0 Å². The average Bonchev–Trinajstić information content (AvgIpc) is 2.78. The Kier molecular flexibility index (Phi) is 5.20. The van der Waals surface area contributed by atoms with Gasteiger partial charge < -0.3 is 14.6 Å². The summed E-state index contributed by atoms with van der Waals surface area (Å²) in [7, 11) is 1.47. The number of thioether (sulfide) groups is 1. The Bertz CT molecular complexity index is 666. The summed E-state index contributed by atoms with van der Waals surface area (Å²) in [5.74, 6) is -0.439. The number of hydrogen-bond acceptors (Lipinski definition) is 6. The third-order valence-corrected chi connectivity index (χ3v) is 4.29. The number of ether oxygens (including phenoxy) is 2. The number of carbonyl (C=O) groups excluding carboxylic acids is 1. The SMILES string of the molecule is COc1cccc(/C=C2/SC(=S)CC2=O)c1OC(C)C(=O)O. The molecule has 0 aliphatic carbocycles. The first-order valence-electron chi connectivity index (χ1n) is 6.44. The largest absolute Gasteiger partial charge is 0.493 e. The molecule has 1 atom stereocenters. The Labute approximate surface area is 137 Å². The minimum absolute atomic E-state index is 0.0462. The zero-order valence-electron chi connectivity index (χ0n) is 12.0. The van der Waals surface area contributed by atoms with Gasteiger partial charge in [0, 0.05) is 5.56 Å². The molecule has 1 unspecified atom stereocenters. The molecule has 0 bridgehead atoms. The minimum atomic E-state index is -1.09. The summed E-state index contributed by atoms with van der Waals surface area (Å²) in [6.45, 7) is 1.43. The van der Waals surface area contributed by atoms with Crippen LogP contribution in [0.4, 0.5) is 0 Å². The molecule has 1 aromatic rings. The number of benzene rings is 1. The second-order valence-corrected chi connectivity index (χ2v) is 6.45. The van der Waals surface area contributed by atoms with Crippen molar-refractivity contribution in [1.29, 1.82) is 0 Å². The molecule has 1 saturated heterocycles. The maximum Gasteiger partial charge on any atom is 0.344 e. The van der Waals surface area contributed by atoms with E-state index < -0.39 is 12.1 Å². The Morgan fingerprint density at radius 3 is 2.77 bits per heavy atom. The molecule has 2 rings (SSSR count). The van der Waals surface area contributed by atoms with E-state index in [1.165, 1.54) is 25.8 Å². The summed E-state index contributed by atoms with van der Waals surface area (Å²) in [4.78, 5) is 23.4. The fraction of sp³-hybridized carbons (Fsp3) is 0.267. The van der Waals surface area contributed by atoms with Crippen molar-refractivity contribution in [3.05, 3.63) is 28.7 Å². The van der Waals surface area contributed by atoms with E-state index in [0.29, 0.717) is 26.2 Å². The van der Waals surface area contributed by atoms with Crippen LogP contribution in [0.2, 0.25) is 0 Å². The van der Waals surface area contributed by atoms with Crippen LogP contribution in [-0.2, 0) is 9.59 Å². The van der Waals surface area contributed by atoms with E-state index in [2.05, 4.69) is 0 Å². The molecular formula is C15H14O5S2. The lowest BCUT2D eigenvalue weighted by molar-refractivity contribution is -0.144. The second-order valence-electron chi connectivity index (χ2n) is 4.56. The van der Waals surface area contributed by atoms with Gasteiger partial charge in [0.05, 0.1) is 22.6 Å². The lowest BCUT2D eigenvalue weighted by atomic mass is 10.1. The monoisotopic (exact) mass is 338 g/mol. The Balaban J connectivity index is 2.43. The maximum atomic E-state index is 11.8. The summed E-state index contributed by atoms with van der Waals surface area (Å²) in [6, 6.07) is 5.14. The molecule has 0 spiro atoms. The summed E-state index contributed by atoms with van der Waals surface area (Å²) < 4.78 is 11.3. The summed E-state index contributed by atoms with van der Waals surface area (Å²) in [5, 5.41) is 9.00. The van der Waals surface area contributed by atoms with Gasteiger partial charge in [-0.2, -0.15) is 0 Å². The van der Waals surface area contributed by atoms with E-state index in [4.69, 9.17) is 26.8 Å². The van der Waals surface area contributed by atoms with Crippen LogP contribution in [-0.4, -0.2) is 34.3 Å². The van der Waals surface area contributed by atoms with Crippen molar-refractivity contribution in [2.75, 3.05) is 7.11 Å². The van der Waals surface area contributed by atoms with Crippen LogP contribution in [0.25, 0.3) is 6.08 Å². The van der Waals surface area contributed by atoms with Crippen molar-refractivity contribution < 1.29 is 24.2 Å². The third-order valence-electron chi connectivity index (χ3n) is 2.96. The predicted molar refractivity (Wildman–Crippen MR) is 88.5 cm³/mol. The molecule has 1 fully saturated rings. The van der Waals surface area contributed by atoms with Crippen molar-refractivity contribution in [2.24, 2.45) is 0 Å². The molecule has 1 aromatic carbocycles. The normalized spacial score (nSPS) is 17.6. The first kappa shape index (κ1) is 16.5. The van der Waals surface area contributed by atoms with E-state index in [0.717, 1.165) is 0 Å². The number of hydrogen-bond donors (Lipinski definition) is 1. The highest BCUT2D eigenvalue weighted by atomic mass is 32.2. The molecule has 0 saturated carbocycles. The van der Waals surface area contributed by atoms with Gasteiger partial charge in [-0.1, -0.05) is 36.1 Å². The number of para-hydroxylation sites is 1. The molecule has 0 aromatic heterocycles. The molecule has 0 amide bonds. The van der Waals surface area contributed by atoms with E-state index in [-0.39, 0.29) is 12.2 Å². The van der Waals surface area contributed by atoms with Crippen LogP contribution in [0.1, 0.15) is 18.9 Å². The number of allylic oxidation sites excluding steroid dienone is 1. The number of ketones is 1. The second kappa shape index (κ2) is 6.93. The van der Waals surface area contributed by atoms with Crippen molar-refractivity contribution in [2.45, 2.75) is 19.4 Å². The number of carboxylic acids is 1. The van der Waals surface area contributed by atoms with E-state index in [1.54, 1.807) is 24.3 Å². The van der Waals surface area contributed by atoms with Crippen molar-refractivity contribution >= 4 is 46.0 Å². The molecule has 1 aliphatic rings. The van der Waals surface area contributed by atoms with Crippen LogP contribution in [0.5, 0.6) is 11.5 Å². The highest BCUT2D eigenvalue weighted by molar-refractivity contribution is 8.27. The minimum Gasteiger partial charge on any atom is -0.493 e. The molecule has 7 heteroatoms. The molecular weight excluding hydrogens is 324 g/mol. The van der Waals surface area contributed by atoms with Crippen LogP contribution in [0.15, 0.2) is 23.1 Å². The smallest absolute Gasteiger partial charge is 0.344 e. The van der Waals surface area contributed by atoms with Gasteiger partial charge in [-0.05, 0) is 19.1 Å². The van der Waals surface area contributed by atoms with Gasteiger partial charge in [0.1, 0.15) is 0 Å². The van der Waals surface area contributed by atoms with Gasteiger partial charge in [0.2, 0.25) is 0 Å². The van der Waals surface area contributed by atoms with E-state index >= 15 is 0 Å². The first-order chi connectivity index (χ1) is 10.4. The van der Waals surface area contributed by atoms with Crippen molar-refractivity contribution in [1.82, 2.24) is 0 Å². The van der Waals surface area contributed by atoms with Crippen molar-refractivity contribution in [3.8, 4) is 11.5 Å². The average molecular weight is 338 g/mol. The first-order valence-corrected chi connectivity index (χ1v) is 7.67. The third kappa shape index (κ3) is 3.66. The summed E-state index contributed by atoms with van der Waals surface area (Å²) >= 11 is 6.29. The number of carboxylic acid groups (broad SMARTS) is 1. The van der Waals surface area contributed by atoms with Crippen LogP contribution in [0.3, 0.4) is 0 Å². The number of rotatable bonds is 5. The van der Waals surface area contributed by atoms with Crippen LogP contribution >= 0.6 is 24.0 Å². The van der Waals surface area contributed by atoms with Crippen LogP contribution in [0, 0.1) is 0 Å². The fourth-order valence-electron chi connectivity index (χ4n) is 1.85. The lowest BCUT2D eigenvalue weighted by Crippen LogP contribution is -2.23. The van der Waals surface area contributed by atoms with Gasteiger partial charge in [-0.3, -0.25) is 4.79 Å². The number of Topliss-reactive ketones (excluding diaryl/α,β-unsaturated/α-hetero) is 1. The zero-order chi connectivity index (χ0) is 16.3. The fourth-order valence-corrected chi connectivity index (χ4v) is 3.07. The highest BCUT2D eigenvalue weighted by Gasteiger charge is 2.24. The van der Waals surface area contributed by atoms with Gasteiger partial charge >= 0.3 is 5.97 Å². The quantitative estimate of drug-likeness (QED) is 0.653. The van der Waals surface area contributed by atoms with Gasteiger partial charge in [-0.25, -0.2) is 4.79 Å². The number of methoxy groups -OCH3 is 1. The molecule has 5 nitrogen and oxygen atoms in total. The van der Waals surface area contributed by atoms with E-state index in [9.17, 15) is 9.59 Å². The predicted octanol–water partition coefficient (Wildman–Crippen LogP) is 2.92. The van der Waals surface area contributed by atoms with Crippen LogP contribution < -0.4 is 9.47 Å². The Morgan fingerprint density at radius 2 is 2.23 bits per heavy atom. The van der Waals surface area contributed by atoms with Crippen molar-refractivity contribution in [3.63, 3.8) is 0 Å². The zero-order valence-corrected chi connectivity index (χ0v) is 13.6. The maximum absolute atomic E-state index is 11.8. The highest BCUT2D eigenvalue weighted by Crippen LogP contribution is 2.37. The lowest BCUT2D eigenvalue weighted by Gasteiger charge is -2.16. The standard InChI is InChI=1S/C15H14O5S2/c1-8(15(17)18)20-14-9(4-3-5-11(14)19-2)6-12-10(16)7-13(21)22-12/h3-6,8H,7H2,1-2H3,(H,17,18)/b12-6+. The topological polar surface area (TPSA) is 72.8 Å². The Hall–Kier alpha value is -1.86. The molecule has 1 heterocycles. The van der Waals surface area contributed by atoms with Gasteiger partial charge in [0.25, 0.3) is 0 Å². The molecule has 1 N–H and O–H groups in total. The molecule has 0 radical (unpaired) electrons. The number of aliphatic carboxylic acids is 1. The molecule has 22 heavy (non-hydrogen) atoms. The van der Waals surface area contributed by atoms with Gasteiger partial charge in [0.15, 0.2) is 23.4 Å². The molecule has 116 valence electrons. The summed E-state index contributed by atoms with van der Waals surface area (Å²) in [5.41, 5.74) is 0.577. The summed E-state index contributed by atoms with van der Waals surface area (Å²) in [6.07, 6.45) is 0.859. The molecule has 1 aliphatic heterocycles. The number of thiocarbonyl (C=S) groups is 1. The number of carbonyl (C=O) groups is 2. The Morgan fingerprint density at radius 1 is 1.50 bits per heavy atom.